The molecule has 2 aromatic rings. The number of non-ortho nitro benzene ring substituents is 1. The summed E-state index contributed by atoms with van der Waals surface area (Å²) in [6, 6.07) is 8.84. The summed E-state index contributed by atoms with van der Waals surface area (Å²) < 4.78 is 16.4. The standard InChI is InChI=1S/C15H10BrNO6/c16-12-6-14-13(22-8-23-14)5-10(12)7-21-15(18)9-2-1-3-11(4-9)17(19)20/h1-6H,7-8H2. The van der Waals surface area contributed by atoms with Crippen molar-refractivity contribution >= 4 is 27.6 Å². The number of nitrogens with zero attached hydrogens (tertiary/aromatic N) is 1. The number of rotatable bonds is 4. The molecule has 0 radical (unpaired) electrons. The van der Waals surface area contributed by atoms with E-state index in [1.807, 2.05) is 0 Å². The van der Waals surface area contributed by atoms with Crippen LogP contribution in [0.3, 0.4) is 0 Å². The predicted molar refractivity (Wildman–Crippen MR) is 82.5 cm³/mol. The van der Waals surface area contributed by atoms with Gasteiger partial charge >= 0.3 is 5.97 Å². The van der Waals surface area contributed by atoms with Crippen LogP contribution in [0.1, 0.15) is 15.9 Å². The largest absolute Gasteiger partial charge is 0.457 e. The highest BCUT2D eigenvalue weighted by Gasteiger charge is 2.18. The molecule has 0 saturated heterocycles. The second-order valence-corrected chi connectivity index (χ2v) is 5.53. The maximum Gasteiger partial charge on any atom is 0.338 e. The molecule has 8 heteroatoms. The molecule has 0 fully saturated rings. The lowest BCUT2D eigenvalue weighted by Gasteiger charge is -2.08. The van der Waals surface area contributed by atoms with E-state index in [2.05, 4.69) is 15.9 Å². The molecular weight excluding hydrogens is 370 g/mol. The van der Waals surface area contributed by atoms with Gasteiger partial charge < -0.3 is 14.2 Å². The summed E-state index contributed by atoms with van der Waals surface area (Å²) in [4.78, 5) is 22.2. The maximum atomic E-state index is 12.0. The Balaban J connectivity index is 1.72. The van der Waals surface area contributed by atoms with E-state index in [-0.39, 0.29) is 24.7 Å². The van der Waals surface area contributed by atoms with Crippen molar-refractivity contribution in [3.05, 3.63) is 62.1 Å². The van der Waals surface area contributed by atoms with Crippen LogP contribution in [0.5, 0.6) is 11.5 Å². The summed E-state index contributed by atoms with van der Waals surface area (Å²) in [6.45, 7) is 0.150. The number of nitro groups is 1. The van der Waals surface area contributed by atoms with Crippen molar-refractivity contribution in [2.45, 2.75) is 6.61 Å². The SMILES string of the molecule is O=C(OCc1cc2c(cc1Br)OCO2)c1cccc([N+](=O)[O-])c1. The summed E-state index contributed by atoms with van der Waals surface area (Å²) >= 11 is 3.37. The monoisotopic (exact) mass is 379 g/mol. The molecule has 1 aliphatic heterocycles. The van der Waals surface area contributed by atoms with Crippen LogP contribution in [0.4, 0.5) is 5.69 Å². The predicted octanol–water partition coefficient (Wildman–Crippen LogP) is 3.44. The molecule has 1 aliphatic rings. The normalized spacial score (nSPS) is 12.0. The van der Waals surface area contributed by atoms with Gasteiger partial charge in [0.2, 0.25) is 6.79 Å². The lowest BCUT2D eigenvalue weighted by molar-refractivity contribution is -0.384. The number of nitro benzene ring substituents is 1. The second kappa shape index (κ2) is 6.25. The van der Waals surface area contributed by atoms with E-state index in [0.29, 0.717) is 21.5 Å². The van der Waals surface area contributed by atoms with Crippen molar-refractivity contribution in [3.63, 3.8) is 0 Å². The first-order chi connectivity index (χ1) is 11.0. The summed E-state index contributed by atoms with van der Waals surface area (Å²) in [6.07, 6.45) is 0. The van der Waals surface area contributed by atoms with Gasteiger partial charge in [0.1, 0.15) is 6.61 Å². The van der Waals surface area contributed by atoms with Gasteiger partial charge in [0.05, 0.1) is 10.5 Å². The summed E-state index contributed by atoms with van der Waals surface area (Å²) in [5.74, 6) is 0.554. The van der Waals surface area contributed by atoms with Crippen molar-refractivity contribution in [1.82, 2.24) is 0 Å². The molecule has 1 heterocycles. The molecule has 0 aromatic heterocycles. The number of hydrogen-bond donors (Lipinski definition) is 0. The summed E-state index contributed by atoms with van der Waals surface area (Å²) in [5.41, 5.74) is 0.660. The van der Waals surface area contributed by atoms with Gasteiger partial charge in [-0.1, -0.05) is 22.0 Å². The molecule has 0 spiro atoms. The maximum absolute atomic E-state index is 12.0. The Morgan fingerprint density at radius 2 is 2.00 bits per heavy atom. The van der Waals surface area contributed by atoms with E-state index < -0.39 is 10.9 Å². The van der Waals surface area contributed by atoms with Crippen LogP contribution in [0.15, 0.2) is 40.9 Å². The van der Waals surface area contributed by atoms with Crippen LogP contribution in [0, 0.1) is 10.1 Å². The first kappa shape index (κ1) is 15.3. The number of ether oxygens (including phenoxy) is 3. The Kier molecular flexibility index (Phi) is 4.16. The second-order valence-electron chi connectivity index (χ2n) is 4.68. The number of halogens is 1. The van der Waals surface area contributed by atoms with E-state index in [0.717, 1.165) is 0 Å². The van der Waals surface area contributed by atoms with E-state index in [4.69, 9.17) is 14.2 Å². The third-order valence-corrected chi connectivity index (χ3v) is 3.93. The minimum absolute atomic E-state index is 0.00124. The average molecular weight is 380 g/mol. The molecule has 0 N–H and O–H groups in total. The number of esters is 1. The minimum Gasteiger partial charge on any atom is -0.457 e. The van der Waals surface area contributed by atoms with Gasteiger partial charge in [0.25, 0.3) is 5.69 Å². The quantitative estimate of drug-likeness (QED) is 0.459. The highest BCUT2D eigenvalue weighted by molar-refractivity contribution is 9.10. The Hall–Kier alpha value is -2.61. The Bertz CT molecular complexity index is 792. The molecular formula is C15H10BrNO6. The molecule has 118 valence electrons. The molecule has 23 heavy (non-hydrogen) atoms. The van der Waals surface area contributed by atoms with Crippen molar-refractivity contribution in [3.8, 4) is 11.5 Å². The molecule has 3 rings (SSSR count). The fourth-order valence-corrected chi connectivity index (χ4v) is 2.48. The zero-order valence-corrected chi connectivity index (χ0v) is 13.2. The molecule has 7 nitrogen and oxygen atoms in total. The Morgan fingerprint density at radius 3 is 2.74 bits per heavy atom. The highest BCUT2D eigenvalue weighted by atomic mass is 79.9. The van der Waals surface area contributed by atoms with Crippen molar-refractivity contribution in [1.29, 1.82) is 0 Å². The first-order valence-corrected chi connectivity index (χ1v) is 7.33. The van der Waals surface area contributed by atoms with E-state index in [9.17, 15) is 14.9 Å². The van der Waals surface area contributed by atoms with Crippen LogP contribution < -0.4 is 9.47 Å². The third-order valence-electron chi connectivity index (χ3n) is 3.19. The van der Waals surface area contributed by atoms with Gasteiger partial charge in [-0.05, 0) is 18.2 Å². The third kappa shape index (κ3) is 3.26. The Labute approximate surface area is 139 Å². The van der Waals surface area contributed by atoms with Crippen LogP contribution in [0.2, 0.25) is 0 Å². The van der Waals surface area contributed by atoms with Gasteiger partial charge in [-0.2, -0.15) is 0 Å². The van der Waals surface area contributed by atoms with Crippen LogP contribution in [-0.4, -0.2) is 17.7 Å². The van der Waals surface area contributed by atoms with E-state index in [1.54, 1.807) is 12.1 Å². The van der Waals surface area contributed by atoms with Crippen molar-refractivity contribution in [2.75, 3.05) is 6.79 Å². The number of carbonyl (C=O) groups excluding carboxylic acids is 1. The van der Waals surface area contributed by atoms with Gasteiger partial charge in [-0.15, -0.1) is 0 Å². The highest BCUT2D eigenvalue weighted by Crippen LogP contribution is 2.37. The zero-order valence-electron chi connectivity index (χ0n) is 11.7. The smallest absolute Gasteiger partial charge is 0.338 e. The lowest BCUT2D eigenvalue weighted by atomic mass is 10.2. The van der Waals surface area contributed by atoms with Crippen LogP contribution >= 0.6 is 15.9 Å². The minimum atomic E-state index is -0.640. The van der Waals surface area contributed by atoms with Crippen molar-refractivity contribution in [2.24, 2.45) is 0 Å². The summed E-state index contributed by atoms with van der Waals surface area (Å²) in [5, 5.41) is 10.7. The lowest BCUT2D eigenvalue weighted by Crippen LogP contribution is -2.06. The van der Waals surface area contributed by atoms with Gasteiger partial charge in [-0.3, -0.25) is 10.1 Å². The zero-order chi connectivity index (χ0) is 16.4. The topological polar surface area (TPSA) is 87.9 Å². The van der Waals surface area contributed by atoms with Gasteiger partial charge in [0, 0.05) is 22.2 Å². The molecule has 0 bridgehead atoms. The number of fused-ring (bicyclic) bond motifs is 1. The summed E-state index contributed by atoms with van der Waals surface area (Å²) in [7, 11) is 0. The molecule has 0 amide bonds. The van der Waals surface area contributed by atoms with E-state index in [1.165, 1.54) is 24.3 Å². The average Bonchev–Trinajstić information content (AvgIpc) is 2.99. The van der Waals surface area contributed by atoms with Crippen LogP contribution in [0.25, 0.3) is 0 Å². The Morgan fingerprint density at radius 1 is 1.26 bits per heavy atom. The van der Waals surface area contributed by atoms with Gasteiger partial charge in [0.15, 0.2) is 11.5 Å². The number of hydrogen-bond acceptors (Lipinski definition) is 6. The fraction of sp³-hybridized carbons (Fsp3) is 0.133. The molecule has 0 atom stereocenters. The van der Waals surface area contributed by atoms with E-state index >= 15 is 0 Å². The molecule has 0 saturated carbocycles. The number of carbonyl (C=O) groups is 1. The van der Waals surface area contributed by atoms with Crippen molar-refractivity contribution < 1.29 is 23.9 Å². The number of benzene rings is 2. The fourth-order valence-electron chi connectivity index (χ4n) is 2.04. The van der Waals surface area contributed by atoms with Crippen LogP contribution in [-0.2, 0) is 11.3 Å². The van der Waals surface area contributed by atoms with Gasteiger partial charge in [-0.25, -0.2) is 4.79 Å². The first-order valence-electron chi connectivity index (χ1n) is 6.54. The molecule has 0 aliphatic carbocycles. The molecule has 0 unspecified atom stereocenters. The molecule has 2 aromatic carbocycles.